The molecule has 2 rings (SSSR count). The summed E-state index contributed by atoms with van der Waals surface area (Å²) in [6.45, 7) is 5.05. The molecule has 0 heterocycles. The predicted molar refractivity (Wildman–Crippen MR) is 88.8 cm³/mol. The molecule has 0 aliphatic carbocycles. The zero-order chi connectivity index (χ0) is 15.5. The molecular formula is C16H17BrN2O2. The normalized spacial score (nSPS) is 11.2. The van der Waals surface area contributed by atoms with E-state index in [0.29, 0.717) is 4.47 Å². The van der Waals surface area contributed by atoms with E-state index in [9.17, 15) is 10.1 Å². The van der Waals surface area contributed by atoms with E-state index in [1.807, 2.05) is 18.2 Å². The molecular weight excluding hydrogens is 332 g/mol. The summed E-state index contributed by atoms with van der Waals surface area (Å²) in [6.07, 6.45) is 0. The summed E-state index contributed by atoms with van der Waals surface area (Å²) in [5, 5.41) is 14.1. The van der Waals surface area contributed by atoms with Crippen molar-refractivity contribution >= 4 is 27.3 Å². The Morgan fingerprint density at radius 3 is 2.43 bits per heavy atom. The molecule has 0 aliphatic heterocycles. The predicted octanol–water partition coefficient (Wildman–Crippen LogP) is 4.75. The first-order chi connectivity index (χ1) is 9.90. The number of hydrogen-bond donors (Lipinski definition) is 1. The molecule has 1 N–H and O–H groups in total. The fraction of sp³-hybridized carbons (Fsp3) is 0.250. The lowest BCUT2D eigenvalue weighted by Crippen LogP contribution is -2.27. The van der Waals surface area contributed by atoms with E-state index >= 15 is 0 Å². The SMILES string of the molecule is CC(C)(CNc1ccc([N+](=O)[O-])cc1Br)c1ccccc1. The fourth-order valence-corrected chi connectivity index (χ4v) is 2.58. The van der Waals surface area contributed by atoms with Crippen LogP contribution in [-0.2, 0) is 5.41 Å². The number of nitro benzene ring substituents is 1. The maximum absolute atomic E-state index is 10.7. The Morgan fingerprint density at radius 2 is 1.86 bits per heavy atom. The minimum Gasteiger partial charge on any atom is -0.383 e. The molecule has 0 aliphatic rings. The molecule has 4 nitrogen and oxygen atoms in total. The molecule has 5 heteroatoms. The molecule has 0 spiro atoms. The Hall–Kier alpha value is -1.88. The highest BCUT2D eigenvalue weighted by Gasteiger charge is 2.20. The van der Waals surface area contributed by atoms with E-state index in [0.717, 1.165) is 12.2 Å². The second-order valence-electron chi connectivity index (χ2n) is 5.52. The van der Waals surface area contributed by atoms with Gasteiger partial charge in [0.05, 0.1) is 4.92 Å². The van der Waals surface area contributed by atoms with Crippen molar-refractivity contribution in [2.45, 2.75) is 19.3 Å². The van der Waals surface area contributed by atoms with Gasteiger partial charge in [0, 0.05) is 34.3 Å². The number of non-ortho nitro benzene ring substituents is 1. The van der Waals surface area contributed by atoms with Gasteiger partial charge in [-0.05, 0) is 27.6 Å². The van der Waals surface area contributed by atoms with Gasteiger partial charge in [0.25, 0.3) is 5.69 Å². The summed E-state index contributed by atoms with van der Waals surface area (Å²) < 4.78 is 0.695. The van der Waals surface area contributed by atoms with Gasteiger partial charge in [-0.15, -0.1) is 0 Å². The molecule has 0 aromatic heterocycles. The molecule has 0 atom stereocenters. The number of nitrogens with one attached hydrogen (secondary N) is 1. The number of anilines is 1. The van der Waals surface area contributed by atoms with E-state index in [1.54, 1.807) is 6.07 Å². The molecule has 0 amide bonds. The van der Waals surface area contributed by atoms with Gasteiger partial charge in [0.15, 0.2) is 0 Å². The molecule has 0 bridgehead atoms. The molecule has 0 saturated carbocycles. The number of benzene rings is 2. The van der Waals surface area contributed by atoms with E-state index in [4.69, 9.17) is 0 Å². The van der Waals surface area contributed by atoms with Crippen LogP contribution in [0.25, 0.3) is 0 Å². The molecule has 0 fully saturated rings. The third kappa shape index (κ3) is 3.82. The van der Waals surface area contributed by atoms with Crippen LogP contribution in [0.4, 0.5) is 11.4 Å². The molecule has 0 saturated heterocycles. The minimum absolute atomic E-state index is 0.0392. The molecule has 21 heavy (non-hydrogen) atoms. The summed E-state index contributed by atoms with van der Waals surface area (Å²) in [5.74, 6) is 0. The second kappa shape index (κ2) is 6.26. The lowest BCUT2D eigenvalue weighted by atomic mass is 9.84. The van der Waals surface area contributed by atoms with Gasteiger partial charge in [-0.25, -0.2) is 0 Å². The first kappa shape index (κ1) is 15.5. The van der Waals surface area contributed by atoms with E-state index in [-0.39, 0.29) is 11.1 Å². The number of rotatable bonds is 5. The third-order valence-corrected chi connectivity index (χ3v) is 4.10. The highest BCUT2D eigenvalue weighted by atomic mass is 79.9. The van der Waals surface area contributed by atoms with Crippen LogP contribution in [0, 0.1) is 10.1 Å². The van der Waals surface area contributed by atoms with E-state index < -0.39 is 4.92 Å². The summed E-state index contributed by atoms with van der Waals surface area (Å²) >= 11 is 3.37. The molecule has 110 valence electrons. The fourth-order valence-electron chi connectivity index (χ4n) is 2.07. The van der Waals surface area contributed by atoms with Crippen molar-refractivity contribution in [3.05, 3.63) is 68.7 Å². The number of hydrogen-bond acceptors (Lipinski definition) is 3. The van der Waals surface area contributed by atoms with E-state index in [2.05, 4.69) is 47.2 Å². The summed E-state index contributed by atoms with van der Waals surface area (Å²) in [7, 11) is 0. The smallest absolute Gasteiger partial charge is 0.270 e. The minimum atomic E-state index is -0.400. The van der Waals surface area contributed by atoms with Crippen molar-refractivity contribution < 1.29 is 4.92 Å². The van der Waals surface area contributed by atoms with Crippen molar-refractivity contribution in [3.8, 4) is 0 Å². The van der Waals surface area contributed by atoms with Crippen molar-refractivity contribution in [1.82, 2.24) is 0 Å². The van der Waals surface area contributed by atoms with Gasteiger partial charge in [0.1, 0.15) is 0 Å². The Labute approximate surface area is 132 Å². The average Bonchev–Trinajstić information content (AvgIpc) is 2.46. The van der Waals surface area contributed by atoms with Gasteiger partial charge < -0.3 is 5.32 Å². The molecule has 2 aromatic carbocycles. The van der Waals surface area contributed by atoms with Crippen LogP contribution in [0.3, 0.4) is 0 Å². The van der Waals surface area contributed by atoms with Crippen LogP contribution in [0.5, 0.6) is 0 Å². The molecule has 0 radical (unpaired) electrons. The number of nitro groups is 1. The van der Waals surface area contributed by atoms with Crippen LogP contribution in [-0.4, -0.2) is 11.5 Å². The van der Waals surface area contributed by atoms with Crippen LogP contribution >= 0.6 is 15.9 Å². The van der Waals surface area contributed by atoms with Crippen LogP contribution in [0.2, 0.25) is 0 Å². The Morgan fingerprint density at radius 1 is 1.19 bits per heavy atom. The van der Waals surface area contributed by atoms with Crippen LogP contribution < -0.4 is 5.32 Å². The number of nitrogens with zero attached hydrogens (tertiary/aromatic N) is 1. The molecule has 0 unspecified atom stereocenters. The Balaban J connectivity index is 2.11. The number of halogens is 1. The highest BCUT2D eigenvalue weighted by Crippen LogP contribution is 2.29. The lowest BCUT2D eigenvalue weighted by Gasteiger charge is -2.26. The first-order valence-electron chi connectivity index (χ1n) is 6.63. The van der Waals surface area contributed by atoms with Crippen molar-refractivity contribution in [2.75, 3.05) is 11.9 Å². The quantitative estimate of drug-likeness (QED) is 0.626. The van der Waals surface area contributed by atoms with E-state index in [1.165, 1.54) is 17.7 Å². The van der Waals surface area contributed by atoms with Crippen LogP contribution in [0.1, 0.15) is 19.4 Å². The Bertz CT molecular complexity index is 642. The highest BCUT2D eigenvalue weighted by molar-refractivity contribution is 9.10. The van der Waals surface area contributed by atoms with Crippen molar-refractivity contribution in [1.29, 1.82) is 0 Å². The first-order valence-corrected chi connectivity index (χ1v) is 7.43. The van der Waals surface area contributed by atoms with Gasteiger partial charge in [0.2, 0.25) is 0 Å². The maximum Gasteiger partial charge on any atom is 0.270 e. The summed E-state index contributed by atoms with van der Waals surface area (Å²) in [5.41, 5.74) is 2.14. The average molecular weight is 349 g/mol. The van der Waals surface area contributed by atoms with Crippen molar-refractivity contribution in [3.63, 3.8) is 0 Å². The molecule has 2 aromatic rings. The maximum atomic E-state index is 10.7. The summed E-state index contributed by atoms with van der Waals surface area (Å²) in [6, 6.07) is 15.0. The van der Waals surface area contributed by atoms with Crippen LogP contribution in [0.15, 0.2) is 53.0 Å². The zero-order valence-corrected chi connectivity index (χ0v) is 13.6. The zero-order valence-electron chi connectivity index (χ0n) is 12.0. The topological polar surface area (TPSA) is 55.2 Å². The standard InChI is InChI=1S/C16H17BrN2O2/c1-16(2,12-6-4-3-5-7-12)11-18-15-9-8-13(19(20)21)10-14(15)17/h3-10,18H,11H2,1-2H3. The summed E-state index contributed by atoms with van der Waals surface area (Å²) in [4.78, 5) is 10.3. The Kier molecular flexibility index (Phi) is 4.63. The second-order valence-corrected chi connectivity index (χ2v) is 6.38. The largest absolute Gasteiger partial charge is 0.383 e. The monoisotopic (exact) mass is 348 g/mol. The van der Waals surface area contributed by atoms with Gasteiger partial charge in [-0.2, -0.15) is 0 Å². The van der Waals surface area contributed by atoms with Crippen molar-refractivity contribution in [2.24, 2.45) is 0 Å². The van der Waals surface area contributed by atoms with Gasteiger partial charge in [-0.1, -0.05) is 44.2 Å². The van der Waals surface area contributed by atoms with Gasteiger partial charge in [-0.3, -0.25) is 10.1 Å². The van der Waals surface area contributed by atoms with Gasteiger partial charge >= 0.3 is 0 Å². The third-order valence-electron chi connectivity index (χ3n) is 3.44. The lowest BCUT2D eigenvalue weighted by molar-refractivity contribution is -0.384.